The number of anilines is 2. The lowest BCUT2D eigenvalue weighted by atomic mass is 10.00. The van der Waals surface area contributed by atoms with Crippen molar-refractivity contribution in [3.63, 3.8) is 0 Å². The standard InChI is InChI=1S/C30H26Cl2F2N6O3/c1-35-14-15-11-12-19(38-28(15)43-4)18-9-5-7-16(24(18)31)17-8-6-10-20(25(17)32)36-27-23-22(13-21(37-27)26(33)34)39(2)30(42)40(3)29(23)41/h5-13,26,35H,14H2,1-4H3,(H,36,37). The molecule has 0 saturated heterocycles. The summed E-state index contributed by atoms with van der Waals surface area (Å²) in [7, 11) is 6.07. The maximum absolute atomic E-state index is 13.8. The summed E-state index contributed by atoms with van der Waals surface area (Å²) in [6, 6.07) is 15.3. The van der Waals surface area contributed by atoms with E-state index in [0.717, 1.165) is 20.8 Å². The maximum Gasteiger partial charge on any atom is 0.330 e. The minimum absolute atomic E-state index is 0.00703. The molecule has 0 aliphatic carbocycles. The van der Waals surface area contributed by atoms with Crippen LogP contribution in [0.1, 0.15) is 17.7 Å². The number of aryl methyl sites for hydroxylation is 1. The number of pyridine rings is 2. The van der Waals surface area contributed by atoms with Crippen LogP contribution in [0.2, 0.25) is 10.0 Å². The molecule has 0 fully saturated rings. The van der Waals surface area contributed by atoms with Crippen LogP contribution in [-0.4, -0.2) is 33.3 Å². The molecule has 2 N–H and O–H groups in total. The van der Waals surface area contributed by atoms with Crippen molar-refractivity contribution in [1.29, 1.82) is 0 Å². The Kier molecular flexibility index (Phi) is 8.50. The highest BCUT2D eigenvalue weighted by atomic mass is 35.5. The Morgan fingerprint density at radius 1 is 0.930 bits per heavy atom. The average Bonchev–Trinajstić information content (AvgIpc) is 3.00. The van der Waals surface area contributed by atoms with Crippen molar-refractivity contribution in [1.82, 2.24) is 24.4 Å². The highest BCUT2D eigenvalue weighted by molar-refractivity contribution is 6.39. The maximum atomic E-state index is 13.8. The van der Waals surface area contributed by atoms with Crippen molar-refractivity contribution in [2.75, 3.05) is 19.5 Å². The zero-order valence-electron chi connectivity index (χ0n) is 23.5. The first-order valence-electron chi connectivity index (χ1n) is 13.0. The number of benzene rings is 2. The second-order valence-electron chi connectivity index (χ2n) is 9.65. The molecule has 0 atom stereocenters. The van der Waals surface area contributed by atoms with Gasteiger partial charge in [-0.05, 0) is 25.2 Å². The number of hydrogen-bond acceptors (Lipinski definition) is 7. The number of fused-ring (bicyclic) bond motifs is 1. The molecule has 3 heterocycles. The van der Waals surface area contributed by atoms with E-state index < -0.39 is 23.4 Å². The second kappa shape index (κ2) is 12.1. The van der Waals surface area contributed by atoms with E-state index in [0.29, 0.717) is 39.8 Å². The minimum atomic E-state index is -2.95. The van der Waals surface area contributed by atoms with Crippen molar-refractivity contribution < 1.29 is 13.5 Å². The molecule has 0 amide bonds. The topological polar surface area (TPSA) is 103 Å². The number of hydrogen-bond donors (Lipinski definition) is 2. The normalized spacial score (nSPS) is 11.4. The number of ether oxygens (including phenoxy) is 1. The van der Waals surface area contributed by atoms with Gasteiger partial charge in [0.25, 0.3) is 12.0 Å². The summed E-state index contributed by atoms with van der Waals surface area (Å²) in [6.07, 6.45) is -2.95. The number of aromatic nitrogens is 4. The summed E-state index contributed by atoms with van der Waals surface area (Å²) < 4.78 is 35.1. The van der Waals surface area contributed by atoms with Crippen molar-refractivity contribution in [2.45, 2.75) is 13.0 Å². The molecule has 222 valence electrons. The van der Waals surface area contributed by atoms with Gasteiger partial charge in [-0.3, -0.25) is 13.9 Å². The lowest BCUT2D eigenvalue weighted by Crippen LogP contribution is -2.37. The van der Waals surface area contributed by atoms with Gasteiger partial charge in [-0.15, -0.1) is 0 Å². The highest BCUT2D eigenvalue weighted by Gasteiger charge is 2.21. The smallest absolute Gasteiger partial charge is 0.330 e. The summed E-state index contributed by atoms with van der Waals surface area (Å²) in [5.41, 5.74) is 1.57. The van der Waals surface area contributed by atoms with Crippen molar-refractivity contribution in [3.05, 3.63) is 96.7 Å². The molecule has 0 unspecified atom stereocenters. The third-order valence-electron chi connectivity index (χ3n) is 7.01. The third kappa shape index (κ3) is 5.47. The largest absolute Gasteiger partial charge is 0.481 e. The van der Waals surface area contributed by atoms with E-state index in [-0.39, 0.29) is 27.4 Å². The van der Waals surface area contributed by atoms with Crippen molar-refractivity contribution in [3.8, 4) is 28.3 Å². The summed E-state index contributed by atoms with van der Waals surface area (Å²) >= 11 is 13.8. The number of methoxy groups -OCH3 is 1. The molecular formula is C30H26Cl2F2N6O3. The molecule has 2 aromatic carbocycles. The predicted molar refractivity (Wildman–Crippen MR) is 165 cm³/mol. The molecule has 0 aliphatic heterocycles. The van der Waals surface area contributed by atoms with Gasteiger partial charge in [-0.25, -0.2) is 23.5 Å². The van der Waals surface area contributed by atoms with Crippen molar-refractivity contribution >= 4 is 45.6 Å². The number of rotatable bonds is 8. The zero-order valence-corrected chi connectivity index (χ0v) is 25.0. The van der Waals surface area contributed by atoms with Crippen LogP contribution in [0.3, 0.4) is 0 Å². The lowest BCUT2D eigenvalue weighted by Gasteiger charge is -2.17. The third-order valence-corrected chi connectivity index (χ3v) is 7.83. The predicted octanol–water partition coefficient (Wildman–Crippen LogP) is 6.08. The van der Waals surface area contributed by atoms with Gasteiger partial charge in [-0.1, -0.05) is 59.6 Å². The minimum Gasteiger partial charge on any atom is -0.481 e. The fourth-order valence-corrected chi connectivity index (χ4v) is 5.43. The fraction of sp³-hybridized carbons (Fsp3) is 0.200. The van der Waals surface area contributed by atoms with E-state index >= 15 is 0 Å². The molecule has 3 aromatic heterocycles. The van der Waals surface area contributed by atoms with Gasteiger partial charge in [0.15, 0.2) is 0 Å². The number of halogens is 4. The van der Waals surface area contributed by atoms with Gasteiger partial charge >= 0.3 is 5.69 Å². The summed E-state index contributed by atoms with van der Waals surface area (Å²) in [4.78, 5) is 34.3. The van der Waals surface area contributed by atoms with Gasteiger partial charge in [0.2, 0.25) is 5.88 Å². The van der Waals surface area contributed by atoms with Crippen LogP contribution >= 0.6 is 23.2 Å². The zero-order chi connectivity index (χ0) is 31.0. The van der Waals surface area contributed by atoms with Gasteiger partial charge in [-0.2, -0.15) is 0 Å². The summed E-state index contributed by atoms with van der Waals surface area (Å²) in [6.45, 7) is 0.576. The number of nitrogens with one attached hydrogen (secondary N) is 2. The van der Waals surface area contributed by atoms with E-state index in [1.807, 2.05) is 31.3 Å². The Labute approximate surface area is 254 Å². The van der Waals surface area contributed by atoms with E-state index in [1.165, 1.54) is 14.1 Å². The van der Waals surface area contributed by atoms with Gasteiger partial charge in [0, 0.05) is 42.9 Å². The Balaban J connectivity index is 1.63. The summed E-state index contributed by atoms with van der Waals surface area (Å²) in [5.74, 6) is 0.299. The first-order chi connectivity index (χ1) is 20.6. The SMILES string of the molecule is CNCc1ccc(-c2cccc(-c3cccc(Nc4nc(C(F)F)cc5c4c(=O)n(C)c(=O)n5C)c3Cl)c2Cl)nc1OC. The molecule has 0 radical (unpaired) electrons. The molecule has 0 spiro atoms. The molecular weight excluding hydrogens is 601 g/mol. The molecule has 0 bridgehead atoms. The molecule has 0 saturated carbocycles. The Morgan fingerprint density at radius 3 is 2.28 bits per heavy atom. The van der Waals surface area contributed by atoms with Gasteiger partial charge in [0.05, 0.1) is 34.1 Å². The average molecular weight is 627 g/mol. The van der Waals surface area contributed by atoms with Crippen LogP contribution in [-0.2, 0) is 20.6 Å². The summed E-state index contributed by atoms with van der Waals surface area (Å²) in [5, 5.41) is 6.57. The molecule has 13 heteroatoms. The highest BCUT2D eigenvalue weighted by Crippen LogP contribution is 2.42. The molecule has 5 rings (SSSR count). The van der Waals surface area contributed by atoms with Crippen LogP contribution in [0, 0.1) is 0 Å². The van der Waals surface area contributed by atoms with E-state index in [9.17, 15) is 18.4 Å². The number of alkyl halides is 2. The first kappa shape index (κ1) is 30.1. The lowest BCUT2D eigenvalue weighted by molar-refractivity contribution is 0.146. The van der Waals surface area contributed by atoms with Crippen LogP contribution in [0.4, 0.5) is 20.3 Å². The van der Waals surface area contributed by atoms with E-state index in [1.54, 1.807) is 31.4 Å². The quantitative estimate of drug-likeness (QED) is 0.215. The van der Waals surface area contributed by atoms with Crippen LogP contribution in [0.25, 0.3) is 33.3 Å². The van der Waals surface area contributed by atoms with Gasteiger partial charge < -0.3 is 15.4 Å². The molecule has 43 heavy (non-hydrogen) atoms. The molecule has 5 aromatic rings. The molecule has 9 nitrogen and oxygen atoms in total. The Bertz CT molecular complexity index is 1990. The van der Waals surface area contributed by atoms with E-state index in [2.05, 4.69) is 20.6 Å². The monoisotopic (exact) mass is 626 g/mol. The van der Waals surface area contributed by atoms with Crippen LogP contribution in [0.15, 0.2) is 64.2 Å². The van der Waals surface area contributed by atoms with E-state index in [4.69, 9.17) is 27.9 Å². The van der Waals surface area contributed by atoms with Gasteiger partial charge in [0.1, 0.15) is 16.9 Å². The molecule has 0 aliphatic rings. The van der Waals surface area contributed by atoms with Crippen LogP contribution in [0.5, 0.6) is 5.88 Å². The second-order valence-corrected chi connectivity index (χ2v) is 10.4. The first-order valence-corrected chi connectivity index (χ1v) is 13.7. The Morgan fingerprint density at radius 2 is 1.60 bits per heavy atom. The number of nitrogens with zero attached hydrogens (tertiary/aromatic N) is 4. The Hall–Kier alpha value is -4.32. The fourth-order valence-electron chi connectivity index (χ4n) is 4.83. The van der Waals surface area contributed by atoms with Crippen molar-refractivity contribution in [2.24, 2.45) is 14.1 Å². The van der Waals surface area contributed by atoms with Crippen LogP contribution < -0.4 is 26.6 Å².